The Kier molecular flexibility index (Phi) is 3.65. The third-order valence-corrected chi connectivity index (χ3v) is 3.22. The van der Waals surface area contributed by atoms with E-state index in [1.165, 1.54) is 5.56 Å². The van der Waals surface area contributed by atoms with E-state index in [-0.39, 0.29) is 0 Å². The van der Waals surface area contributed by atoms with Gasteiger partial charge >= 0.3 is 0 Å². The van der Waals surface area contributed by atoms with Crippen molar-refractivity contribution in [3.05, 3.63) is 47.0 Å². The molecule has 3 heteroatoms. The minimum atomic E-state index is 0.738. The summed E-state index contributed by atoms with van der Waals surface area (Å²) in [5.41, 5.74) is 12.1. The maximum atomic E-state index is 6.04. The minimum Gasteiger partial charge on any atom is -0.495 e. The number of nitrogens with one attached hydrogen (secondary N) is 1. The van der Waals surface area contributed by atoms with Crippen LogP contribution in [0.5, 0.6) is 5.75 Å². The van der Waals surface area contributed by atoms with Gasteiger partial charge < -0.3 is 15.8 Å². The van der Waals surface area contributed by atoms with E-state index in [1.54, 1.807) is 7.11 Å². The van der Waals surface area contributed by atoms with Gasteiger partial charge in [-0.25, -0.2) is 0 Å². The summed E-state index contributed by atoms with van der Waals surface area (Å²) in [6, 6.07) is 10.0. The minimum absolute atomic E-state index is 0.738. The van der Waals surface area contributed by atoms with Crippen LogP contribution in [0.4, 0.5) is 17.1 Å². The average Bonchev–Trinajstić information content (AvgIpc) is 2.35. The summed E-state index contributed by atoms with van der Waals surface area (Å²) in [6.07, 6.45) is 0. The number of methoxy groups -OCH3 is 1. The topological polar surface area (TPSA) is 47.3 Å². The average molecular weight is 256 g/mol. The number of para-hydroxylation sites is 1. The number of hydrogen-bond donors (Lipinski definition) is 2. The molecule has 0 aliphatic heterocycles. The lowest BCUT2D eigenvalue weighted by molar-refractivity contribution is 0.416. The fourth-order valence-electron chi connectivity index (χ4n) is 2.24. The molecule has 0 atom stereocenters. The zero-order valence-electron chi connectivity index (χ0n) is 11.9. The van der Waals surface area contributed by atoms with Crippen LogP contribution in [0.1, 0.15) is 16.7 Å². The van der Waals surface area contributed by atoms with Gasteiger partial charge in [0.05, 0.1) is 24.2 Å². The summed E-state index contributed by atoms with van der Waals surface area (Å²) in [6.45, 7) is 6.16. The quantitative estimate of drug-likeness (QED) is 0.817. The van der Waals surface area contributed by atoms with Gasteiger partial charge in [-0.15, -0.1) is 0 Å². The maximum absolute atomic E-state index is 6.04. The van der Waals surface area contributed by atoms with Crippen molar-refractivity contribution in [1.29, 1.82) is 0 Å². The largest absolute Gasteiger partial charge is 0.495 e. The SMILES string of the molecule is COc1cc(C)cc(C)c1Nc1c(C)cccc1N. The molecule has 0 unspecified atom stereocenters. The van der Waals surface area contributed by atoms with E-state index in [4.69, 9.17) is 10.5 Å². The Morgan fingerprint density at radius 3 is 2.37 bits per heavy atom. The highest BCUT2D eigenvalue weighted by Gasteiger charge is 2.10. The van der Waals surface area contributed by atoms with E-state index in [2.05, 4.69) is 25.2 Å². The fourth-order valence-corrected chi connectivity index (χ4v) is 2.24. The Labute approximate surface area is 114 Å². The second-order valence-electron chi connectivity index (χ2n) is 4.82. The maximum Gasteiger partial charge on any atom is 0.142 e. The van der Waals surface area contributed by atoms with Crippen molar-refractivity contribution in [3.63, 3.8) is 0 Å². The van der Waals surface area contributed by atoms with Gasteiger partial charge in [0.25, 0.3) is 0 Å². The molecule has 0 aliphatic carbocycles. The van der Waals surface area contributed by atoms with Crippen molar-refractivity contribution in [2.24, 2.45) is 0 Å². The lowest BCUT2D eigenvalue weighted by Gasteiger charge is -2.17. The van der Waals surface area contributed by atoms with Gasteiger partial charge in [0.1, 0.15) is 5.75 Å². The van der Waals surface area contributed by atoms with E-state index < -0.39 is 0 Å². The molecule has 3 nitrogen and oxygen atoms in total. The van der Waals surface area contributed by atoms with Gasteiger partial charge in [0, 0.05) is 0 Å². The van der Waals surface area contributed by atoms with Crippen LogP contribution in [-0.4, -0.2) is 7.11 Å². The van der Waals surface area contributed by atoms with Crippen LogP contribution in [0.15, 0.2) is 30.3 Å². The van der Waals surface area contributed by atoms with Crippen molar-refractivity contribution >= 4 is 17.1 Å². The van der Waals surface area contributed by atoms with Crippen molar-refractivity contribution in [2.45, 2.75) is 20.8 Å². The zero-order valence-corrected chi connectivity index (χ0v) is 11.9. The summed E-state index contributed by atoms with van der Waals surface area (Å²) < 4.78 is 5.46. The molecule has 0 amide bonds. The highest BCUT2D eigenvalue weighted by atomic mass is 16.5. The lowest BCUT2D eigenvalue weighted by atomic mass is 10.1. The smallest absolute Gasteiger partial charge is 0.142 e. The van der Waals surface area contributed by atoms with Crippen molar-refractivity contribution in [3.8, 4) is 5.75 Å². The molecule has 2 rings (SSSR count). The fraction of sp³-hybridized carbons (Fsp3) is 0.250. The van der Waals surface area contributed by atoms with Gasteiger partial charge in [-0.1, -0.05) is 18.2 Å². The number of aryl methyl sites for hydroxylation is 3. The number of nitrogen functional groups attached to an aromatic ring is 1. The number of ether oxygens (including phenoxy) is 1. The molecule has 0 fully saturated rings. The molecule has 0 heterocycles. The van der Waals surface area contributed by atoms with Crippen molar-refractivity contribution in [2.75, 3.05) is 18.2 Å². The molecule has 0 saturated heterocycles. The predicted molar refractivity (Wildman–Crippen MR) is 81.3 cm³/mol. The van der Waals surface area contributed by atoms with Crippen LogP contribution in [0.3, 0.4) is 0 Å². The van der Waals surface area contributed by atoms with Crippen LogP contribution in [-0.2, 0) is 0 Å². The van der Waals surface area contributed by atoms with Gasteiger partial charge in [0.2, 0.25) is 0 Å². The molecule has 2 aromatic carbocycles. The first-order chi connectivity index (χ1) is 9.02. The molecule has 0 saturated carbocycles. The monoisotopic (exact) mass is 256 g/mol. The molecule has 0 aromatic heterocycles. The third-order valence-electron chi connectivity index (χ3n) is 3.22. The van der Waals surface area contributed by atoms with Crippen molar-refractivity contribution in [1.82, 2.24) is 0 Å². The molecule has 19 heavy (non-hydrogen) atoms. The van der Waals surface area contributed by atoms with E-state index in [9.17, 15) is 0 Å². The summed E-state index contributed by atoms with van der Waals surface area (Å²) in [5.74, 6) is 0.833. The molecule has 3 N–H and O–H groups in total. The standard InChI is InChI=1S/C16H20N2O/c1-10-8-12(3)16(14(9-10)19-4)18-15-11(2)6-5-7-13(15)17/h5-9,18H,17H2,1-4H3. The third kappa shape index (κ3) is 2.65. The summed E-state index contributed by atoms with van der Waals surface area (Å²) in [4.78, 5) is 0. The molecule has 0 spiro atoms. The van der Waals surface area contributed by atoms with Crippen LogP contribution in [0.25, 0.3) is 0 Å². The number of nitrogens with two attached hydrogens (primary N) is 1. The van der Waals surface area contributed by atoms with Crippen LogP contribution in [0.2, 0.25) is 0 Å². The van der Waals surface area contributed by atoms with E-state index >= 15 is 0 Å². The first kappa shape index (κ1) is 13.3. The van der Waals surface area contributed by atoms with Gasteiger partial charge in [-0.05, 0) is 49.6 Å². The van der Waals surface area contributed by atoms with E-state index in [0.29, 0.717) is 0 Å². The Morgan fingerprint density at radius 1 is 1.00 bits per heavy atom. The second kappa shape index (κ2) is 5.22. The molecule has 0 bridgehead atoms. The number of anilines is 3. The first-order valence-corrected chi connectivity index (χ1v) is 6.30. The molecule has 2 aromatic rings. The molecule has 0 aliphatic rings. The Bertz CT molecular complexity index is 586. The summed E-state index contributed by atoms with van der Waals surface area (Å²) in [5, 5.41) is 3.41. The zero-order chi connectivity index (χ0) is 14.0. The molecular weight excluding hydrogens is 236 g/mol. The number of hydrogen-bond acceptors (Lipinski definition) is 3. The molecular formula is C16H20N2O. The van der Waals surface area contributed by atoms with Gasteiger partial charge in [-0.3, -0.25) is 0 Å². The number of rotatable bonds is 3. The van der Waals surface area contributed by atoms with Crippen LogP contribution >= 0.6 is 0 Å². The van der Waals surface area contributed by atoms with Crippen LogP contribution in [0, 0.1) is 20.8 Å². The van der Waals surface area contributed by atoms with Crippen LogP contribution < -0.4 is 15.8 Å². The molecule has 0 radical (unpaired) electrons. The van der Waals surface area contributed by atoms with Gasteiger partial charge in [0.15, 0.2) is 0 Å². The molecule has 100 valence electrons. The lowest BCUT2D eigenvalue weighted by Crippen LogP contribution is -2.02. The predicted octanol–water partition coefficient (Wildman–Crippen LogP) is 3.95. The highest BCUT2D eigenvalue weighted by Crippen LogP contribution is 2.35. The Hall–Kier alpha value is -2.16. The normalized spacial score (nSPS) is 10.3. The number of benzene rings is 2. The Balaban J connectivity index is 2.49. The summed E-state index contributed by atoms with van der Waals surface area (Å²) in [7, 11) is 1.68. The second-order valence-corrected chi connectivity index (χ2v) is 4.82. The van der Waals surface area contributed by atoms with Gasteiger partial charge in [-0.2, -0.15) is 0 Å². The summed E-state index contributed by atoms with van der Waals surface area (Å²) >= 11 is 0. The van der Waals surface area contributed by atoms with E-state index in [0.717, 1.165) is 33.9 Å². The van der Waals surface area contributed by atoms with Crippen molar-refractivity contribution < 1.29 is 4.74 Å². The first-order valence-electron chi connectivity index (χ1n) is 6.30. The highest BCUT2D eigenvalue weighted by molar-refractivity contribution is 5.79. The Morgan fingerprint density at radius 2 is 1.74 bits per heavy atom. The van der Waals surface area contributed by atoms with E-state index in [1.807, 2.05) is 31.2 Å².